The maximum atomic E-state index is 11.9. The molecule has 2 saturated carbocycles. The van der Waals surface area contributed by atoms with Crippen LogP contribution in [-0.4, -0.2) is 17.0 Å². The van der Waals surface area contributed by atoms with E-state index in [1.54, 1.807) is 0 Å². The second-order valence-electron chi connectivity index (χ2n) is 8.15. The molecule has 126 valence electrons. The first-order valence-electron chi connectivity index (χ1n) is 8.89. The van der Waals surface area contributed by atoms with E-state index in [0.29, 0.717) is 40.2 Å². The topological polar surface area (TPSA) is 37.3 Å². The van der Waals surface area contributed by atoms with Gasteiger partial charge in [0, 0.05) is 16.9 Å². The minimum absolute atomic E-state index is 0.0947. The molecule has 0 saturated heterocycles. The summed E-state index contributed by atoms with van der Waals surface area (Å²) < 4.78 is 0. The number of aliphatic hydroxyl groups is 1. The summed E-state index contributed by atoms with van der Waals surface area (Å²) >= 11 is 12.6. The van der Waals surface area contributed by atoms with Crippen molar-refractivity contribution in [2.75, 3.05) is 0 Å². The van der Waals surface area contributed by atoms with Crippen LogP contribution in [-0.2, 0) is 4.79 Å². The zero-order chi connectivity index (χ0) is 16.4. The van der Waals surface area contributed by atoms with Gasteiger partial charge in [0.2, 0.25) is 0 Å². The minimum atomic E-state index is -0.516. The molecule has 0 aromatic carbocycles. The smallest absolute Gasteiger partial charge is 0.174 e. The van der Waals surface area contributed by atoms with Crippen molar-refractivity contribution in [2.45, 2.75) is 58.0 Å². The van der Waals surface area contributed by atoms with Gasteiger partial charge >= 0.3 is 0 Å². The lowest BCUT2D eigenvalue weighted by Gasteiger charge is -2.57. The van der Waals surface area contributed by atoms with Crippen molar-refractivity contribution in [3.05, 3.63) is 21.7 Å². The van der Waals surface area contributed by atoms with E-state index in [0.717, 1.165) is 38.5 Å². The quantitative estimate of drug-likeness (QED) is 0.678. The maximum absolute atomic E-state index is 11.9. The SMILES string of the molecule is C[C@]12CC[C@H]3[C@@H](CCC4=C(Cl)C(=O)CC[C@@H]43)[C@@H]1CC=C(Cl)[C@@H]2O. The van der Waals surface area contributed by atoms with Crippen LogP contribution in [0.3, 0.4) is 0 Å². The Morgan fingerprint density at radius 3 is 2.74 bits per heavy atom. The number of hydrogen-bond donors (Lipinski definition) is 1. The predicted molar refractivity (Wildman–Crippen MR) is 92.2 cm³/mol. The summed E-state index contributed by atoms with van der Waals surface area (Å²) in [6.07, 6.45) is 8.24. The molecule has 0 aromatic rings. The zero-order valence-electron chi connectivity index (χ0n) is 13.5. The molecule has 0 heterocycles. The van der Waals surface area contributed by atoms with Crippen LogP contribution in [0.15, 0.2) is 21.7 Å². The Labute approximate surface area is 147 Å². The molecule has 0 aromatic heterocycles. The van der Waals surface area contributed by atoms with Crippen LogP contribution in [0.4, 0.5) is 0 Å². The fraction of sp³-hybridized carbons (Fsp3) is 0.737. The van der Waals surface area contributed by atoms with E-state index < -0.39 is 6.10 Å². The lowest BCUT2D eigenvalue weighted by atomic mass is 9.49. The largest absolute Gasteiger partial charge is 0.387 e. The molecule has 1 N–H and O–H groups in total. The van der Waals surface area contributed by atoms with E-state index in [2.05, 4.69) is 6.92 Å². The van der Waals surface area contributed by atoms with Gasteiger partial charge in [-0.25, -0.2) is 0 Å². The van der Waals surface area contributed by atoms with Gasteiger partial charge in [0.1, 0.15) is 0 Å². The Balaban J connectivity index is 1.67. The molecule has 4 rings (SSSR count). The standard InChI is InChI=1S/C19H24Cl2O2/c1-19-9-8-11-10-4-7-16(22)17(21)13(10)3-2-12(11)14(19)5-6-15(20)18(19)23/h6,10-12,14,18,23H,2-5,7-9H2,1H3/t10-,11-,12-,14+,18+,19+/m1/s1. The maximum Gasteiger partial charge on any atom is 0.174 e. The van der Waals surface area contributed by atoms with Crippen LogP contribution in [0, 0.1) is 29.1 Å². The summed E-state index contributed by atoms with van der Waals surface area (Å²) in [5.74, 6) is 2.37. The number of carbonyl (C=O) groups excluding carboxylic acids is 1. The average Bonchev–Trinajstić information content (AvgIpc) is 2.54. The van der Waals surface area contributed by atoms with Gasteiger partial charge < -0.3 is 5.11 Å². The molecular formula is C19H24Cl2O2. The van der Waals surface area contributed by atoms with Gasteiger partial charge in [0.05, 0.1) is 11.1 Å². The third kappa shape index (κ3) is 2.28. The Morgan fingerprint density at radius 2 is 1.96 bits per heavy atom. The summed E-state index contributed by atoms with van der Waals surface area (Å²) in [6.45, 7) is 2.22. The molecule has 2 nitrogen and oxygen atoms in total. The number of ketones is 1. The van der Waals surface area contributed by atoms with Gasteiger partial charge in [0.15, 0.2) is 5.78 Å². The molecule has 0 unspecified atom stereocenters. The number of halogens is 2. The van der Waals surface area contributed by atoms with Gasteiger partial charge in [-0.3, -0.25) is 4.79 Å². The highest BCUT2D eigenvalue weighted by Crippen LogP contribution is 2.61. The molecule has 6 atom stereocenters. The van der Waals surface area contributed by atoms with Gasteiger partial charge in [-0.2, -0.15) is 0 Å². The van der Waals surface area contributed by atoms with Crippen molar-refractivity contribution in [1.29, 1.82) is 0 Å². The Kier molecular flexibility index (Phi) is 3.94. The van der Waals surface area contributed by atoms with Gasteiger partial charge in [-0.1, -0.05) is 36.2 Å². The van der Waals surface area contributed by atoms with E-state index in [-0.39, 0.29) is 11.2 Å². The third-order valence-corrected chi connectivity index (χ3v) is 8.12. The number of rotatable bonds is 0. The van der Waals surface area contributed by atoms with Crippen molar-refractivity contribution >= 4 is 29.0 Å². The van der Waals surface area contributed by atoms with Crippen molar-refractivity contribution in [2.24, 2.45) is 29.1 Å². The lowest BCUT2D eigenvalue weighted by molar-refractivity contribution is -0.117. The van der Waals surface area contributed by atoms with Crippen molar-refractivity contribution in [3.63, 3.8) is 0 Å². The van der Waals surface area contributed by atoms with E-state index >= 15 is 0 Å². The third-order valence-electron chi connectivity index (χ3n) is 7.30. The van der Waals surface area contributed by atoms with Crippen molar-refractivity contribution < 1.29 is 9.90 Å². The van der Waals surface area contributed by atoms with Crippen molar-refractivity contribution in [3.8, 4) is 0 Å². The van der Waals surface area contributed by atoms with Crippen LogP contribution in [0.2, 0.25) is 0 Å². The second kappa shape index (κ2) is 5.61. The van der Waals surface area contributed by atoms with Crippen molar-refractivity contribution in [1.82, 2.24) is 0 Å². The highest BCUT2D eigenvalue weighted by atomic mass is 35.5. The molecule has 0 radical (unpaired) electrons. The molecule has 0 spiro atoms. The van der Waals surface area contributed by atoms with Gasteiger partial charge in [-0.05, 0) is 67.8 Å². The van der Waals surface area contributed by atoms with Crippen LogP contribution in [0.25, 0.3) is 0 Å². The second-order valence-corrected chi connectivity index (χ2v) is 8.97. The zero-order valence-corrected chi connectivity index (χ0v) is 15.0. The monoisotopic (exact) mass is 354 g/mol. The van der Waals surface area contributed by atoms with Crippen LogP contribution < -0.4 is 0 Å². The number of Topliss-reactive ketones (excluding diaryl/α,β-unsaturated/α-hetero) is 1. The van der Waals surface area contributed by atoms with Crippen LogP contribution in [0.5, 0.6) is 0 Å². The average molecular weight is 355 g/mol. The number of aliphatic hydroxyl groups excluding tert-OH is 1. The fourth-order valence-electron chi connectivity index (χ4n) is 6.03. The molecule has 4 aliphatic rings. The normalized spacial score (nSPS) is 46.7. The molecule has 4 aliphatic carbocycles. The van der Waals surface area contributed by atoms with E-state index in [4.69, 9.17) is 23.2 Å². The van der Waals surface area contributed by atoms with Gasteiger partial charge in [-0.15, -0.1) is 0 Å². The summed E-state index contributed by atoms with van der Waals surface area (Å²) in [5, 5.41) is 11.8. The molecule has 23 heavy (non-hydrogen) atoms. The number of hydrogen-bond acceptors (Lipinski definition) is 2. The van der Waals surface area contributed by atoms with E-state index in [9.17, 15) is 9.90 Å². The van der Waals surface area contributed by atoms with Gasteiger partial charge in [0.25, 0.3) is 0 Å². The first-order valence-corrected chi connectivity index (χ1v) is 9.64. The molecule has 0 bridgehead atoms. The number of allylic oxidation sites excluding steroid dienone is 3. The molecular weight excluding hydrogens is 331 g/mol. The molecule has 0 aliphatic heterocycles. The number of carbonyl (C=O) groups is 1. The van der Waals surface area contributed by atoms with Crippen LogP contribution in [0.1, 0.15) is 51.9 Å². The predicted octanol–water partition coefficient (Wildman–Crippen LogP) is 4.79. The highest BCUT2D eigenvalue weighted by Gasteiger charge is 2.55. The number of fused-ring (bicyclic) bond motifs is 5. The molecule has 0 amide bonds. The first kappa shape index (κ1) is 16.2. The van der Waals surface area contributed by atoms with E-state index in [1.165, 1.54) is 5.57 Å². The highest BCUT2D eigenvalue weighted by molar-refractivity contribution is 6.43. The van der Waals surface area contributed by atoms with E-state index in [1.807, 2.05) is 6.08 Å². The summed E-state index contributed by atoms with van der Waals surface area (Å²) in [7, 11) is 0. The minimum Gasteiger partial charge on any atom is -0.387 e. The Morgan fingerprint density at radius 1 is 1.17 bits per heavy atom. The Hall–Kier alpha value is -0.310. The summed E-state index contributed by atoms with van der Waals surface area (Å²) in [6, 6.07) is 0. The first-order chi connectivity index (χ1) is 10.9. The lowest BCUT2D eigenvalue weighted by Crippen LogP contribution is -2.52. The fourth-order valence-corrected chi connectivity index (χ4v) is 6.70. The summed E-state index contributed by atoms with van der Waals surface area (Å²) in [4.78, 5) is 11.9. The Bertz CT molecular complexity index is 608. The summed E-state index contributed by atoms with van der Waals surface area (Å²) in [5.41, 5.74) is 1.14. The molecule has 4 heteroatoms. The molecule has 2 fully saturated rings. The van der Waals surface area contributed by atoms with Crippen LogP contribution >= 0.6 is 23.2 Å².